The molecule has 0 unspecified atom stereocenters. The minimum Gasteiger partial charge on any atom is -0.420 e. The minimum atomic E-state index is -4.13. The summed E-state index contributed by atoms with van der Waals surface area (Å²) in [6.45, 7) is 5.26. The van der Waals surface area contributed by atoms with E-state index in [9.17, 15) is 17.6 Å². The Morgan fingerprint density at radius 3 is 2.50 bits per heavy atom. The number of hydrogen-bond donors (Lipinski definition) is 1. The quantitative estimate of drug-likeness (QED) is 0.571. The average Bonchev–Trinajstić information content (AvgIpc) is 3.22. The molecule has 0 saturated heterocycles. The number of hydrogen-bond acceptors (Lipinski definition) is 7. The molecule has 1 aliphatic rings. The van der Waals surface area contributed by atoms with Crippen molar-refractivity contribution in [3.8, 4) is 11.5 Å². The number of nitrogens with zero attached hydrogens (tertiary/aromatic N) is 3. The molecule has 0 saturated carbocycles. The standard InChI is InChI=1S/C22H21ClF2N4O4S/c1-22(2,3)21-28-27-19(33-21)12-7-17-18(8-14(12)24)34(31,32)10-16(26)20(30)29(17)9-11-4-5-13(23)15(25)6-11/h4-8,16H,9-10,26H2,1-3H3/t16-/m0/s1. The Kier molecular flexibility index (Phi) is 5.99. The fourth-order valence-corrected chi connectivity index (χ4v) is 5.19. The van der Waals surface area contributed by atoms with Gasteiger partial charge in [-0.2, -0.15) is 0 Å². The van der Waals surface area contributed by atoms with Gasteiger partial charge in [0.15, 0.2) is 9.84 Å². The molecule has 1 aliphatic heterocycles. The van der Waals surface area contributed by atoms with Gasteiger partial charge in [-0.05, 0) is 29.8 Å². The second-order valence-corrected chi connectivity index (χ2v) is 11.4. The number of benzene rings is 2. The molecule has 4 rings (SSSR count). The highest BCUT2D eigenvalue weighted by molar-refractivity contribution is 7.91. The van der Waals surface area contributed by atoms with Crippen LogP contribution in [0.4, 0.5) is 14.5 Å². The number of amides is 1. The largest absolute Gasteiger partial charge is 0.420 e. The lowest BCUT2D eigenvalue weighted by Gasteiger charge is -2.24. The normalized spacial score (nSPS) is 18.0. The van der Waals surface area contributed by atoms with E-state index >= 15 is 4.39 Å². The number of fused-ring (bicyclic) bond motifs is 1. The van der Waals surface area contributed by atoms with Crippen LogP contribution in [-0.4, -0.2) is 36.3 Å². The zero-order valence-corrected chi connectivity index (χ0v) is 20.0. The van der Waals surface area contributed by atoms with Crippen molar-refractivity contribution in [2.24, 2.45) is 5.73 Å². The van der Waals surface area contributed by atoms with Gasteiger partial charge < -0.3 is 15.1 Å². The molecule has 1 amide bonds. The monoisotopic (exact) mass is 510 g/mol. The summed E-state index contributed by atoms with van der Waals surface area (Å²) >= 11 is 5.74. The zero-order valence-electron chi connectivity index (χ0n) is 18.5. The third-order valence-corrected chi connectivity index (χ3v) is 7.38. The molecular weight excluding hydrogens is 490 g/mol. The van der Waals surface area contributed by atoms with Crippen molar-refractivity contribution in [1.82, 2.24) is 10.2 Å². The summed E-state index contributed by atoms with van der Waals surface area (Å²) in [5.74, 6) is -3.00. The Hall–Kier alpha value is -2.89. The van der Waals surface area contributed by atoms with Gasteiger partial charge in [-0.25, -0.2) is 17.2 Å². The Morgan fingerprint density at radius 1 is 1.18 bits per heavy atom. The van der Waals surface area contributed by atoms with Crippen LogP contribution < -0.4 is 10.6 Å². The van der Waals surface area contributed by atoms with E-state index < -0.39 is 49.5 Å². The fourth-order valence-electron chi connectivity index (χ4n) is 3.50. The molecule has 12 heteroatoms. The van der Waals surface area contributed by atoms with E-state index in [1.807, 2.05) is 20.8 Å². The average molecular weight is 511 g/mol. The predicted octanol–water partition coefficient (Wildman–Crippen LogP) is 3.61. The molecule has 8 nitrogen and oxygen atoms in total. The van der Waals surface area contributed by atoms with Crippen molar-refractivity contribution in [3.05, 3.63) is 58.4 Å². The van der Waals surface area contributed by atoms with E-state index in [-0.39, 0.29) is 34.6 Å². The molecule has 0 radical (unpaired) electrons. The molecule has 0 fully saturated rings. The molecular formula is C22H21ClF2N4O4S. The maximum absolute atomic E-state index is 15.1. The van der Waals surface area contributed by atoms with Crippen molar-refractivity contribution in [2.75, 3.05) is 10.7 Å². The molecule has 180 valence electrons. The van der Waals surface area contributed by atoms with Crippen molar-refractivity contribution in [1.29, 1.82) is 0 Å². The smallest absolute Gasteiger partial charge is 0.250 e. The summed E-state index contributed by atoms with van der Waals surface area (Å²) in [5.41, 5.74) is 5.37. The lowest BCUT2D eigenvalue weighted by atomic mass is 9.97. The Morgan fingerprint density at radius 2 is 1.88 bits per heavy atom. The van der Waals surface area contributed by atoms with Crippen LogP contribution in [0.15, 0.2) is 39.6 Å². The van der Waals surface area contributed by atoms with E-state index in [2.05, 4.69) is 10.2 Å². The fraction of sp³-hybridized carbons (Fsp3) is 0.318. The first-order valence-corrected chi connectivity index (χ1v) is 12.2. The van der Waals surface area contributed by atoms with E-state index in [0.29, 0.717) is 5.56 Å². The van der Waals surface area contributed by atoms with Crippen LogP contribution in [0.25, 0.3) is 11.5 Å². The maximum Gasteiger partial charge on any atom is 0.250 e. The molecule has 1 aromatic heterocycles. The van der Waals surface area contributed by atoms with Crippen molar-refractivity contribution >= 4 is 33.0 Å². The first-order chi connectivity index (χ1) is 15.8. The van der Waals surface area contributed by atoms with Crippen LogP contribution in [0.2, 0.25) is 5.02 Å². The van der Waals surface area contributed by atoms with Gasteiger partial charge in [0.05, 0.1) is 39.5 Å². The lowest BCUT2D eigenvalue weighted by Crippen LogP contribution is -2.45. The van der Waals surface area contributed by atoms with E-state index in [4.69, 9.17) is 21.8 Å². The van der Waals surface area contributed by atoms with Crippen LogP contribution in [0.3, 0.4) is 0 Å². The van der Waals surface area contributed by atoms with Gasteiger partial charge in [-0.15, -0.1) is 10.2 Å². The number of sulfone groups is 1. The number of carbonyl (C=O) groups excluding carboxylic acids is 1. The predicted molar refractivity (Wildman–Crippen MR) is 121 cm³/mol. The first kappa shape index (κ1) is 24.2. The third kappa shape index (κ3) is 4.42. The third-order valence-electron chi connectivity index (χ3n) is 5.28. The van der Waals surface area contributed by atoms with Crippen molar-refractivity contribution in [3.63, 3.8) is 0 Å². The maximum atomic E-state index is 15.1. The van der Waals surface area contributed by atoms with Gasteiger partial charge in [-0.1, -0.05) is 38.4 Å². The van der Waals surface area contributed by atoms with Gasteiger partial charge in [0.25, 0.3) is 5.89 Å². The minimum absolute atomic E-state index is 0.110. The molecule has 0 bridgehead atoms. The van der Waals surface area contributed by atoms with E-state index in [0.717, 1.165) is 23.1 Å². The zero-order chi connectivity index (χ0) is 25.0. The van der Waals surface area contributed by atoms with Crippen LogP contribution >= 0.6 is 11.6 Å². The molecule has 0 spiro atoms. The molecule has 0 aliphatic carbocycles. The molecule has 3 aromatic rings. The number of anilines is 1. The molecule has 2 aromatic carbocycles. The topological polar surface area (TPSA) is 119 Å². The second kappa shape index (κ2) is 8.40. The number of aromatic nitrogens is 2. The van der Waals surface area contributed by atoms with Gasteiger partial charge in [0.1, 0.15) is 11.6 Å². The molecule has 2 heterocycles. The number of rotatable bonds is 3. The van der Waals surface area contributed by atoms with Gasteiger partial charge in [0.2, 0.25) is 11.8 Å². The van der Waals surface area contributed by atoms with Crippen LogP contribution in [0.5, 0.6) is 0 Å². The molecule has 2 N–H and O–H groups in total. The molecule has 34 heavy (non-hydrogen) atoms. The second-order valence-electron chi connectivity index (χ2n) is 9.02. The summed E-state index contributed by atoms with van der Waals surface area (Å²) in [4.78, 5) is 13.8. The highest BCUT2D eigenvalue weighted by Crippen LogP contribution is 2.37. The van der Waals surface area contributed by atoms with Gasteiger partial charge in [0, 0.05) is 5.41 Å². The number of carbonyl (C=O) groups is 1. The highest BCUT2D eigenvalue weighted by Gasteiger charge is 2.37. The SMILES string of the molecule is CC(C)(C)c1nnc(-c2cc3c(cc2F)S(=O)(=O)C[C@H](N)C(=O)N3Cc2ccc(Cl)c(F)c2)o1. The van der Waals surface area contributed by atoms with E-state index in [1.54, 1.807) is 0 Å². The van der Waals surface area contributed by atoms with Gasteiger partial charge >= 0.3 is 0 Å². The Bertz CT molecular complexity index is 1400. The number of halogens is 3. The van der Waals surface area contributed by atoms with Crippen LogP contribution in [-0.2, 0) is 26.6 Å². The summed E-state index contributed by atoms with van der Waals surface area (Å²) in [5, 5.41) is 7.72. The summed E-state index contributed by atoms with van der Waals surface area (Å²) in [7, 11) is -4.13. The first-order valence-electron chi connectivity index (χ1n) is 10.2. The summed E-state index contributed by atoms with van der Waals surface area (Å²) in [6, 6.07) is 4.48. The van der Waals surface area contributed by atoms with Crippen LogP contribution in [0.1, 0.15) is 32.2 Å². The Labute approximate surface area is 199 Å². The highest BCUT2D eigenvalue weighted by atomic mass is 35.5. The summed E-state index contributed by atoms with van der Waals surface area (Å²) in [6.07, 6.45) is 0. The lowest BCUT2D eigenvalue weighted by molar-refractivity contribution is -0.119. The summed E-state index contributed by atoms with van der Waals surface area (Å²) < 4.78 is 60.6. The molecule has 1 atom stereocenters. The Balaban J connectivity index is 1.90. The van der Waals surface area contributed by atoms with Crippen LogP contribution in [0, 0.1) is 11.6 Å². The van der Waals surface area contributed by atoms with Crippen molar-refractivity contribution in [2.45, 2.75) is 43.7 Å². The van der Waals surface area contributed by atoms with Crippen molar-refractivity contribution < 1.29 is 26.4 Å². The number of nitrogens with two attached hydrogens (primary N) is 1. The van der Waals surface area contributed by atoms with Gasteiger partial charge in [-0.3, -0.25) is 4.79 Å². The van der Waals surface area contributed by atoms with E-state index in [1.165, 1.54) is 12.1 Å².